The van der Waals surface area contributed by atoms with Gasteiger partial charge in [-0.15, -0.1) is 9.36 Å². The molecule has 1 saturated heterocycles. The summed E-state index contributed by atoms with van der Waals surface area (Å²) in [6, 6.07) is -0.215. The summed E-state index contributed by atoms with van der Waals surface area (Å²) in [4.78, 5) is 51.3. The number of hydrogen-bond acceptors (Lipinski definition) is 7. The second-order valence-corrected chi connectivity index (χ2v) is 10.8. The van der Waals surface area contributed by atoms with Crippen molar-refractivity contribution >= 4 is 23.7 Å². The Labute approximate surface area is 230 Å². The van der Waals surface area contributed by atoms with Crippen molar-refractivity contribution in [2.24, 2.45) is 11.8 Å². The van der Waals surface area contributed by atoms with Gasteiger partial charge in [-0.05, 0) is 31.6 Å². The first-order valence-electron chi connectivity index (χ1n) is 14.3. The molecular formula is C27H44N6O6. The average molecular weight is 549 g/mol. The van der Waals surface area contributed by atoms with Gasteiger partial charge in [-0.1, -0.05) is 46.5 Å². The Morgan fingerprint density at radius 3 is 2.59 bits per heavy atom. The highest BCUT2D eigenvalue weighted by Crippen LogP contribution is 2.29. The summed E-state index contributed by atoms with van der Waals surface area (Å²) < 4.78 is 3.60. The molecule has 39 heavy (non-hydrogen) atoms. The minimum Gasteiger partial charge on any atom is -0.548 e. The lowest BCUT2D eigenvalue weighted by atomic mass is 9.93. The summed E-state index contributed by atoms with van der Waals surface area (Å²) in [7, 11) is 0. The monoisotopic (exact) mass is 548 g/mol. The Kier molecular flexibility index (Phi) is 11.3. The van der Waals surface area contributed by atoms with Crippen LogP contribution >= 0.6 is 0 Å². The van der Waals surface area contributed by atoms with E-state index in [0.717, 1.165) is 32.1 Å². The second-order valence-electron chi connectivity index (χ2n) is 10.8. The van der Waals surface area contributed by atoms with Gasteiger partial charge in [0, 0.05) is 31.4 Å². The number of unbranched alkanes of at least 4 members (excludes halogenated alkanes) is 2. The molecule has 1 unspecified atom stereocenters. The third-order valence-electron chi connectivity index (χ3n) is 8.07. The highest BCUT2D eigenvalue weighted by Gasteiger charge is 2.39. The van der Waals surface area contributed by atoms with Crippen molar-refractivity contribution in [3.05, 3.63) is 18.0 Å². The fourth-order valence-corrected chi connectivity index (χ4v) is 5.66. The Balaban J connectivity index is 1.85. The van der Waals surface area contributed by atoms with Crippen molar-refractivity contribution in [3.8, 4) is 0 Å². The van der Waals surface area contributed by atoms with Crippen LogP contribution in [0.15, 0.2) is 12.3 Å². The van der Waals surface area contributed by atoms with E-state index < -0.39 is 35.9 Å². The highest BCUT2D eigenvalue weighted by molar-refractivity contribution is 5.90. The molecule has 5 atom stereocenters. The summed E-state index contributed by atoms with van der Waals surface area (Å²) in [5, 5.41) is 25.5. The SMILES string of the molecule is CCCCC[C@H](CC(=O)NO)C(=O)N1NCCC[C@H]1C(=O)N[C@H](c1cc[n+]2n1C(C(=O)[O-])CCC2)[C@@H](C)CC. The number of aryl methyl sites for hydroxylation is 1. The van der Waals surface area contributed by atoms with E-state index in [4.69, 9.17) is 5.21 Å². The Bertz CT molecular complexity index is 1010. The fraction of sp³-hybridized carbons (Fsp3) is 0.741. The van der Waals surface area contributed by atoms with E-state index in [1.807, 2.05) is 37.7 Å². The van der Waals surface area contributed by atoms with Crippen LogP contribution in [0.3, 0.4) is 0 Å². The molecule has 1 aromatic rings. The van der Waals surface area contributed by atoms with Gasteiger partial charge in [0.2, 0.25) is 17.7 Å². The first kappa shape index (κ1) is 30.6. The van der Waals surface area contributed by atoms with Crippen molar-refractivity contribution < 1.29 is 34.2 Å². The maximum Gasteiger partial charge on any atom is 0.244 e. The number of amides is 3. The zero-order valence-corrected chi connectivity index (χ0v) is 23.4. The average Bonchev–Trinajstić information content (AvgIpc) is 3.38. The van der Waals surface area contributed by atoms with Gasteiger partial charge in [0.15, 0.2) is 12.7 Å². The van der Waals surface area contributed by atoms with E-state index in [1.165, 1.54) is 5.01 Å². The number of carbonyl (C=O) groups excluding carboxylic acids is 4. The van der Waals surface area contributed by atoms with Crippen LogP contribution in [0.4, 0.5) is 0 Å². The van der Waals surface area contributed by atoms with Gasteiger partial charge in [-0.2, -0.15) is 0 Å². The molecule has 1 aromatic heterocycles. The first-order valence-corrected chi connectivity index (χ1v) is 14.3. The lowest BCUT2D eigenvalue weighted by Gasteiger charge is -2.38. The molecule has 0 radical (unpaired) electrons. The van der Waals surface area contributed by atoms with Crippen LogP contribution < -0.4 is 26.0 Å². The van der Waals surface area contributed by atoms with E-state index in [9.17, 15) is 24.3 Å². The number of hydrogen-bond donors (Lipinski definition) is 4. The van der Waals surface area contributed by atoms with E-state index in [2.05, 4.69) is 10.7 Å². The number of carboxylic acids is 1. The third-order valence-corrected chi connectivity index (χ3v) is 8.07. The summed E-state index contributed by atoms with van der Waals surface area (Å²) in [6.45, 7) is 7.27. The normalized spacial score (nSPS) is 21.4. The van der Waals surface area contributed by atoms with Crippen LogP contribution in [-0.2, 0) is 25.7 Å². The first-order chi connectivity index (χ1) is 18.7. The van der Waals surface area contributed by atoms with Crippen LogP contribution in [-0.4, -0.2) is 51.2 Å². The van der Waals surface area contributed by atoms with Gasteiger partial charge in [0.25, 0.3) is 0 Å². The largest absolute Gasteiger partial charge is 0.548 e. The van der Waals surface area contributed by atoms with Crippen molar-refractivity contribution in [1.82, 2.24) is 25.9 Å². The summed E-state index contributed by atoms with van der Waals surface area (Å²) in [6.07, 6.45) is 7.84. The molecule has 4 N–H and O–H groups in total. The van der Waals surface area contributed by atoms with E-state index in [-0.39, 0.29) is 24.2 Å². The molecule has 3 amide bonds. The maximum atomic E-state index is 13.8. The number of nitrogens with one attached hydrogen (secondary N) is 3. The van der Waals surface area contributed by atoms with Crippen molar-refractivity contribution in [1.29, 1.82) is 0 Å². The van der Waals surface area contributed by atoms with Crippen LogP contribution in [0.1, 0.15) is 103 Å². The fourth-order valence-electron chi connectivity index (χ4n) is 5.66. The molecule has 12 nitrogen and oxygen atoms in total. The predicted molar refractivity (Wildman–Crippen MR) is 138 cm³/mol. The van der Waals surface area contributed by atoms with Crippen LogP contribution in [0, 0.1) is 11.8 Å². The molecule has 218 valence electrons. The zero-order valence-electron chi connectivity index (χ0n) is 23.4. The smallest absolute Gasteiger partial charge is 0.244 e. The molecule has 0 aromatic carbocycles. The number of nitrogens with zero attached hydrogens (tertiary/aromatic N) is 3. The number of rotatable bonds is 13. The topological polar surface area (TPSA) is 160 Å². The molecule has 1 fully saturated rings. The zero-order chi connectivity index (χ0) is 28.5. The maximum absolute atomic E-state index is 13.8. The molecule has 0 aliphatic carbocycles. The van der Waals surface area contributed by atoms with Gasteiger partial charge in [0.05, 0.1) is 12.0 Å². The summed E-state index contributed by atoms with van der Waals surface area (Å²) in [5.41, 5.74) is 5.38. The molecule has 3 rings (SSSR count). The van der Waals surface area contributed by atoms with Crippen LogP contribution in [0.2, 0.25) is 0 Å². The van der Waals surface area contributed by atoms with E-state index >= 15 is 0 Å². The molecule has 3 heterocycles. The lowest BCUT2D eigenvalue weighted by Crippen LogP contribution is -2.60. The van der Waals surface area contributed by atoms with Gasteiger partial charge < -0.3 is 15.2 Å². The Hall–Kier alpha value is -2.99. The number of aliphatic carboxylic acids is 1. The number of carboxylic acid groups (broad SMARTS) is 1. The van der Waals surface area contributed by atoms with Crippen LogP contribution in [0.25, 0.3) is 0 Å². The van der Waals surface area contributed by atoms with Crippen LogP contribution in [0.5, 0.6) is 0 Å². The summed E-state index contributed by atoms with van der Waals surface area (Å²) >= 11 is 0. The number of fused-ring (bicyclic) bond motifs is 1. The number of carbonyl (C=O) groups is 4. The number of hydroxylamine groups is 1. The van der Waals surface area contributed by atoms with Gasteiger partial charge in [-0.3, -0.25) is 24.6 Å². The second kappa shape index (κ2) is 14.4. The van der Waals surface area contributed by atoms with E-state index in [1.54, 1.807) is 10.2 Å². The van der Waals surface area contributed by atoms with Crippen molar-refractivity contribution in [2.45, 2.75) is 110 Å². The Morgan fingerprint density at radius 1 is 1.18 bits per heavy atom. The quantitative estimate of drug-likeness (QED) is 0.122. The summed E-state index contributed by atoms with van der Waals surface area (Å²) in [5.74, 6) is -3.15. The molecular weight excluding hydrogens is 504 g/mol. The molecule has 2 aliphatic rings. The van der Waals surface area contributed by atoms with Gasteiger partial charge >= 0.3 is 0 Å². The number of aromatic nitrogens is 2. The van der Waals surface area contributed by atoms with Gasteiger partial charge in [0.1, 0.15) is 17.8 Å². The molecule has 0 saturated carbocycles. The van der Waals surface area contributed by atoms with Crippen molar-refractivity contribution in [3.63, 3.8) is 0 Å². The number of hydrazine groups is 1. The molecule has 2 aliphatic heterocycles. The minimum atomic E-state index is -1.15. The molecule has 12 heteroatoms. The third kappa shape index (κ3) is 7.36. The minimum absolute atomic E-state index is 0.00590. The predicted octanol–water partition coefficient (Wildman–Crippen LogP) is 0.651. The molecule has 0 spiro atoms. The molecule has 0 bridgehead atoms. The highest BCUT2D eigenvalue weighted by atomic mass is 16.5. The van der Waals surface area contributed by atoms with Gasteiger partial charge in [-0.25, -0.2) is 10.9 Å². The standard InChI is InChI=1S/C27H44N6O6/c1-4-6-7-10-19(17-23(34)30-39)26(36)32-21(11-8-14-28-32)25(35)29-24(18(3)5-2)20-13-16-31-15-9-12-22(27(37)38)33(20)31/h13,16,18-19,21-22,24,28H,4-12,14-15,17H2,1-3H3,(H3-,29,30,34,35,37,38,39)/t18-,19+,21-,22?,24-/m0/s1. The Morgan fingerprint density at radius 2 is 1.92 bits per heavy atom. The van der Waals surface area contributed by atoms with Crippen molar-refractivity contribution in [2.75, 3.05) is 6.54 Å². The van der Waals surface area contributed by atoms with E-state index in [0.29, 0.717) is 44.5 Å². The lowest BCUT2D eigenvalue weighted by molar-refractivity contribution is -0.784.